The van der Waals surface area contributed by atoms with Crippen LogP contribution in [0.2, 0.25) is 0 Å². The summed E-state index contributed by atoms with van der Waals surface area (Å²) in [6.07, 6.45) is 5.09. The maximum atomic E-state index is 12.1. The van der Waals surface area contributed by atoms with Gasteiger partial charge in [-0.15, -0.1) is 0 Å². The highest BCUT2D eigenvalue weighted by Gasteiger charge is 2.16. The normalized spacial score (nSPS) is 14.2. The van der Waals surface area contributed by atoms with Gasteiger partial charge in [0.25, 0.3) is 0 Å². The lowest BCUT2D eigenvalue weighted by Gasteiger charge is -2.13. The summed E-state index contributed by atoms with van der Waals surface area (Å²) < 4.78 is 5.90. The molecule has 0 saturated heterocycles. The first-order chi connectivity index (χ1) is 12.1. The van der Waals surface area contributed by atoms with Gasteiger partial charge in [0.05, 0.1) is 18.1 Å². The molecule has 0 heterocycles. The number of hydrogen-bond acceptors (Lipinski definition) is 3. The summed E-state index contributed by atoms with van der Waals surface area (Å²) in [5.74, 6) is -0.369. The molecule has 5 heteroatoms. The Hall–Kier alpha value is -2.82. The van der Waals surface area contributed by atoms with Crippen molar-refractivity contribution in [2.24, 2.45) is 0 Å². The van der Waals surface area contributed by atoms with Crippen molar-refractivity contribution < 1.29 is 19.4 Å². The number of rotatable bonds is 6. The molecule has 0 atom stereocenters. The molecule has 0 bridgehead atoms. The Morgan fingerprint density at radius 3 is 2.48 bits per heavy atom. The molecule has 2 aromatic rings. The Morgan fingerprint density at radius 2 is 1.80 bits per heavy atom. The predicted molar refractivity (Wildman–Crippen MR) is 95.1 cm³/mol. The number of aromatic carboxylic acids is 1. The number of carboxylic acids is 1. The van der Waals surface area contributed by atoms with E-state index in [0.29, 0.717) is 17.4 Å². The van der Waals surface area contributed by atoms with Crippen molar-refractivity contribution in [3.8, 4) is 5.75 Å². The second-order valence-corrected chi connectivity index (χ2v) is 6.28. The number of benzene rings is 2. The van der Waals surface area contributed by atoms with E-state index in [9.17, 15) is 9.59 Å². The maximum absolute atomic E-state index is 12.1. The van der Waals surface area contributed by atoms with Crippen LogP contribution in [0, 0.1) is 0 Å². The summed E-state index contributed by atoms with van der Waals surface area (Å²) in [5, 5.41) is 11.8. The zero-order valence-electron chi connectivity index (χ0n) is 13.9. The van der Waals surface area contributed by atoms with Crippen LogP contribution in [0.3, 0.4) is 0 Å². The highest BCUT2D eigenvalue weighted by Crippen LogP contribution is 2.25. The fourth-order valence-electron chi connectivity index (χ4n) is 3.02. The van der Waals surface area contributed by atoms with E-state index >= 15 is 0 Å². The van der Waals surface area contributed by atoms with Crippen LogP contribution in [0.25, 0.3) is 0 Å². The zero-order chi connectivity index (χ0) is 17.6. The molecule has 0 unspecified atom stereocenters. The summed E-state index contributed by atoms with van der Waals surface area (Å²) in [6, 6.07) is 13.8. The third kappa shape index (κ3) is 4.83. The van der Waals surface area contributed by atoms with Crippen molar-refractivity contribution in [2.75, 3.05) is 5.32 Å². The Morgan fingerprint density at radius 1 is 1.08 bits per heavy atom. The van der Waals surface area contributed by atoms with Crippen molar-refractivity contribution in [3.05, 3.63) is 59.7 Å². The molecule has 1 fully saturated rings. The van der Waals surface area contributed by atoms with Crippen molar-refractivity contribution >= 4 is 17.6 Å². The first-order valence-electron chi connectivity index (χ1n) is 8.49. The van der Waals surface area contributed by atoms with Crippen LogP contribution in [-0.4, -0.2) is 23.1 Å². The molecule has 1 aliphatic rings. The maximum Gasteiger partial charge on any atom is 0.335 e. The van der Waals surface area contributed by atoms with E-state index in [1.165, 1.54) is 25.0 Å². The van der Waals surface area contributed by atoms with Crippen LogP contribution < -0.4 is 10.1 Å². The number of nitrogens with one attached hydrogen (secondary N) is 1. The molecule has 0 aromatic heterocycles. The van der Waals surface area contributed by atoms with E-state index in [-0.39, 0.29) is 17.9 Å². The van der Waals surface area contributed by atoms with Gasteiger partial charge in [0, 0.05) is 5.69 Å². The van der Waals surface area contributed by atoms with Crippen LogP contribution in [-0.2, 0) is 11.2 Å². The molecule has 1 saturated carbocycles. The largest absolute Gasteiger partial charge is 0.490 e. The number of carbonyl (C=O) groups is 2. The average molecular weight is 339 g/mol. The molecular formula is C20H21NO4. The quantitative estimate of drug-likeness (QED) is 0.837. The zero-order valence-corrected chi connectivity index (χ0v) is 13.9. The van der Waals surface area contributed by atoms with Crippen LogP contribution in [0.1, 0.15) is 41.6 Å². The van der Waals surface area contributed by atoms with Gasteiger partial charge in [-0.25, -0.2) is 4.79 Å². The number of carboxylic acid groups (broad SMARTS) is 1. The van der Waals surface area contributed by atoms with Gasteiger partial charge in [-0.3, -0.25) is 4.79 Å². The number of amides is 1. The number of ether oxygens (including phenoxy) is 1. The van der Waals surface area contributed by atoms with E-state index in [1.807, 2.05) is 24.3 Å². The summed E-state index contributed by atoms with van der Waals surface area (Å²) in [4.78, 5) is 23.1. The lowest BCUT2D eigenvalue weighted by Crippen LogP contribution is -2.15. The molecule has 2 aromatic carbocycles. The third-order valence-electron chi connectivity index (χ3n) is 4.28. The minimum atomic E-state index is -1.000. The lowest BCUT2D eigenvalue weighted by atomic mass is 10.1. The molecule has 5 nitrogen and oxygen atoms in total. The minimum absolute atomic E-state index is 0.126. The first-order valence-corrected chi connectivity index (χ1v) is 8.49. The molecule has 2 N–H and O–H groups in total. The van der Waals surface area contributed by atoms with Gasteiger partial charge in [0.1, 0.15) is 5.75 Å². The predicted octanol–water partition coefficient (Wildman–Crippen LogP) is 3.89. The Labute approximate surface area is 146 Å². The molecule has 0 radical (unpaired) electrons. The minimum Gasteiger partial charge on any atom is -0.490 e. The molecule has 1 amide bonds. The van der Waals surface area contributed by atoms with Gasteiger partial charge < -0.3 is 15.2 Å². The fourth-order valence-corrected chi connectivity index (χ4v) is 3.02. The molecule has 0 aliphatic heterocycles. The standard InChI is InChI=1S/C20H21NO4/c22-19(13-14-4-3-5-15(12-14)20(23)24)21-16-8-10-18(11-9-16)25-17-6-1-2-7-17/h3-5,8-12,17H,1-2,6-7,13H2,(H,21,22)(H,23,24). The van der Waals surface area contributed by atoms with Crippen molar-refractivity contribution in [2.45, 2.75) is 38.2 Å². The molecule has 25 heavy (non-hydrogen) atoms. The SMILES string of the molecule is O=C(Cc1cccc(C(=O)O)c1)Nc1ccc(OC2CCCC2)cc1. The summed E-state index contributed by atoms with van der Waals surface area (Å²) in [6.45, 7) is 0. The summed E-state index contributed by atoms with van der Waals surface area (Å²) in [5.41, 5.74) is 1.54. The molecule has 0 spiro atoms. The number of hydrogen-bond donors (Lipinski definition) is 2. The highest BCUT2D eigenvalue weighted by molar-refractivity contribution is 5.93. The molecule has 130 valence electrons. The number of carbonyl (C=O) groups excluding carboxylic acids is 1. The highest BCUT2D eigenvalue weighted by atomic mass is 16.5. The van der Waals surface area contributed by atoms with Crippen LogP contribution >= 0.6 is 0 Å². The second-order valence-electron chi connectivity index (χ2n) is 6.28. The molecule has 3 rings (SSSR count). The van der Waals surface area contributed by atoms with E-state index < -0.39 is 5.97 Å². The molecular weight excluding hydrogens is 318 g/mol. The Balaban J connectivity index is 1.55. The Bertz CT molecular complexity index is 749. The monoisotopic (exact) mass is 339 g/mol. The van der Waals surface area contributed by atoms with E-state index in [0.717, 1.165) is 18.6 Å². The van der Waals surface area contributed by atoms with Gasteiger partial charge in [-0.1, -0.05) is 12.1 Å². The Kier molecular flexibility index (Phi) is 5.33. The molecule has 1 aliphatic carbocycles. The van der Waals surface area contributed by atoms with Gasteiger partial charge in [-0.05, 0) is 67.6 Å². The van der Waals surface area contributed by atoms with Crippen LogP contribution in [0.15, 0.2) is 48.5 Å². The van der Waals surface area contributed by atoms with Crippen LogP contribution in [0.5, 0.6) is 5.75 Å². The van der Waals surface area contributed by atoms with Crippen molar-refractivity contribution in [1.29, 1.82) is 0 Å². The smallest absolute Gasteiger partial charge is 0.335 e. The summed E-state index contributed by atoms with van der Waals surface area (Å²) in [7, 11) is 0. The van der Waals surface area contributed by atoms with Gasteiger partial charge in [0.15, 0.2) is 0 Å². The lowest BCUT2D eigenvalue weighted by molar-refractivity contribution is -0.115. The second kappa shape index (κ2) is 7.83. The summed E-state index contributed by atoms with van der Waals surface area (Å²) >= 11 is 0. The van der Waals surface area contributed by atoms with Gasteiger partial charge in [0.2, 0.25) is 5.91 Å². The first kappa shape index (κ1) is 17.0. The fraction of sp³-hybridized carbons (Fsp3) is 0.300. The van der Waals surface area contributed by atoms with Gasteiger partial charge >= 0.3 is 5.97 Å². The van der Waals surface area contributed by atoms with E-state index in [2.05, 4.69) is 5.32 Å². The van der Waals surface area contributed by atoms with E-state index in [4.69, 9.17) is 9.84 Å². The van der Waals surface area contributed by atoms with E-state index in [1.54, 1.807) is 12.1 Å². The number of anilines is 1. The third-order valence-corrected chi connectivity index (χ3v) is 4.28. The average Bonchev–Trinajstić information content (AvgIpc) is 3.10. The van der Waals surface area contributed by atoms with Gasteiger partial charge in [-0.2, -0.15) is 0 Å². The van der Waals surface area contributed by atoms with Crippen molar-refractivity contribution in [3.63, 3.8) is 0 Å². The van der Waals surface area contributed by atoms with Crippen molar-refractivity contribution in [1.82, 2.24) is 0 Å². The topological polar surface area (TPSA) is 75.6 Å². The van der Waals surface area contributed by atoms with Crippen LogP contribution in [0.4, 0.5) is 5.69 Å².